The van der Waals surface area contributed by atoms with E-state index in [0.29, 0.717) is 19.1 Å². The number of esters is 1. The van der Waals surface area contributed by atoms with Crippen LogP contribution < -0.4 is 0 Å². The Morgan fingerprint density at radius 3 is 2.48 bits per heavy atom. The van der Waals surface area contributed by atoms with Crippen LogP contribution in [0.1, 0.15) is 51.0 Å². The van der Waals surface area contributed by atoms with Crippen LogP contribution in [0.5, 0.6) is 0 Å². The number of hydrogen-bond donors (Lipinski definition) is 0. The summed E-state index contributed by atoms with van der Waals surface area (Å²) in [5.74, 6) is -0.219. The Bertz CT molecular complexity index is 806. The minimum absolute atomic E-state index is 0.0679. The summed E-state index contributed by atoms with van der Waals surface area (Å²) in [6, 6.07) is 9.96. The zero-order valence-corrected chi connectivity index (χ0v) is 17.8. The highest BCUT2D eigenvalue weighted by Gasteiger charge is 2.46. The molecule has 1 aliphatic heterocycles. The number of methoxy groups -OCH3 is 1. The van der Waals surface area contributed by atoms with E-state index >= 15 is 0 Å². The zero-order chi connectivity index (χ0) is 20.9. The van der Waals surface area contributed by atoms with E-state index in [1.54, 1.807) is 6.92 Å². The fourth-order valence-corrected chi connectivity index (χ4v) is 3.65. The van der Waals surface area contributed by atoms with Gasteiger partial charge in [0.2, 0.25) is 5.89 Å². The molecule has 1 fully saturated rings. The van der Waals surface area contributed by atoms with Crippen LogP contribution in [0.25, 0.3) is 11.5 Å². The average molecular weight is 402 g/mol. The second kappa shape index (κ2) is 9.09. The van der Waals surface area contributed by atoms with Crippen LogP contribution in [0.2, 0.25) is 0 Å². The number of carbonyl (C=O) groups excluding carboxylic acids is 1. The van der Waals surface area contributed by atoms with Gasteiger partial charge in [0, 0.05) is 17.9 Å². The van der Waals surface area contributed by atoms with Crippen molar-refractivity contribution in [3.63, 3.8) is 0 Å². The molecule has 0 atom stereocenters. The standard InChI is InChI=1S/C23H31NO5/c1-5-23(15-27-22(3,28-16-23)21(25)26-4)14-10-9-13-19-17(2)29-20(24-19)18-11-7-6-8-12-18/h6-8,11-12H,5,9-10,13-16H2,1-4H3/t22-,23-. The van der Waals surface area contributed by atoms with Gasteiger partial charge in [0.1, 0.15) is 5.76 Å². The van der Waals surface area contributed by atoms with E-state index in [1.807, 2.05) is 37.3 Å². The van der Waals surface area contributed by atoms with Gasteiger partial charge in [-0.2, -0.15) is 0 Å². The predicted octanol–water partition coefficient (Wildman–Crippen LogP) is 4.70. The third-order valence-electron chi connectivity index (χ3n) is 5.90. The number of oxazole rings is 1. The van der Waals surface area contributed by atoms with Crippen LogP contribution in [0, 0.1) is 12.3 Å². The molecule has 0 amide bonds. The Hall–Kier alpha value is -2.18. The van der Waals surface area contributed by atoms with Crippen LogP contribution >= 0.6 is 0 Å². The minimum Gasteiger partial charge on any atom is -0.465 e. The van der Waals surface area contributed by atoms with E-state index in [0.717, 1.165) is 49.1 Å². The highest BCUT2D eigenvalue weighted by molar-refractivity contribution is 5.77. The van der Waals surface area contributed by atoms with Gasteiger partial charge in [-0.25, -0.2) is 9.78 Å². The number of rotatable bonds is 8. The Kier molecular flexibility index (Phi) is 6.75. The number of unbranched alkanes of at least 4 members (excludes halogenated alkanes) is 1. The first-order valence-electron chi connectivity index (χ1n) is 10.3. The second-order valence-corrected chi connectivity index (χ2v) is 7.96. The Balaban J connectivity index is 1.51. The summed E-state index contributed by atoms with van der Waals surface area (Å²) in [6.45, 7) is 6.72. The van der Waals surface area contributed by atoms with Crippen molar-refractivity contribution in [2.24, 2.45) is 5.41 Å². The van der Waals surface area contributed by atoms with E-state index in [-0.39, 0.29) is 5.41 Å². The SMILES string of the molecule is CC[C@]1(CCCCc2nc(-c3ccccc3)oc2C)CO[C@](C)(C(=O)OC)OC1. The molecule has 0 spiro atoms. The highest BCUT2D eigenvalue weighted by Crippen LogP contribution is 2.37. The van der Waals surface area contributed by atoms with Gasteiger partial charge in [-0.3, -0.25) is 0 Å². The van der Waals surface area contributed by atoms with Gasteiger partial charge in [-0.1, -0.05) is 31.5 Å². The van der Waals surface area contributed by atoms with Crippen molar-refractivity contribution >= 4 is 5.97 Å². The van der Waals surface area contributed by atoms with Crippen molar-refractivity contribution in [2.75, 3.05) is 20.3 Å². The molecule has 0 saturated carbocycles. The number of ether oxygens (including phenoxy) is 3. The number of aromatic nitrogens is 1. The summed E-state index contributed by atoms with van der Waals surface area (Å²) in [7, 11) is 1.34. The second-order valence-electron chi connectivity index (χ2n) is 7.96. The molecule has 1 aromatic carbocycles. The van der Waals surface area contributed by atoms with E-state index in [9.17, 15) is 4.79 Å². The zero-order valence-electron chi connectivity index (χ0n) is 17.8. The van der Waals surface area contributed by atoms with Crippen molar-refractivity contribution in [2.45, 2.75) is 58.7 Å². The van der Waals surface area contributed by atoms with Gasteiger partial charge < -0.3 is 18.6 Å². The fourth-order valence-electron chi connectivity index (χ4n) is 3.65. The lowest BCUT2D eigenvalue weighted by Gasteiger charge is -2.43. The van der Waals surface area contributed by atoms with Gasteiger partial charge in [0.15, 0.2) is 0 Å². The predicted molar refractivity (Wildman–Crippen MR) is 109 cm³/mol. The third-order valence-corrected chi connectivity index (χ3v) is 5.90. The average Bonchev–Trinajstić information content (AvgIpc) is 3.13. The first kappa shape index (κ1) is 21.5. The lowest BCUT2D eigenvalue weighted by Crippen LogP contribution is -2.52. The molecule has 6 nitrogen and oxygen atoms in total. The summed E-state index contributed by atoms with van der Waals surface area (Å²) >= 11 is 0. The fraction of sp³-hybridized carbons (Fsp3) is 0.565. The van der Waals surface area contributed by atoms with Gasteiger partial charge in [0.25, 0.3) is 5.79 Å². The Morgan fingerprint density at radius 1 is 1.17 bits per heavy atom. The van der Waals surface area contributed by atoms with E-state index in [1.165, 1.54) is 7.11 Å². The van der Waals surface area contributed by atoms with Crippen molar-refractivity contribution in [1.29, 1.82) is 0 Å². The summed E-state index contributed by atoms with van der Waals surface area (Å²) in [4.78, 5) is 16.5. The largest absolute Gasteiger partial charge is 0.465 e. The topological polar surface area (TPSA) is 70.8 Å². The van der Waals surface area contributed by atoms with Gasteiger partial charge >= 0.3 is 5.97 Å². The maximum Gasteiger partial charge on any atom is 0.366 e. The van der Waals surface area contributed by atoms with E-state index in [4.69, 9.17) is 18.6 Å². The molecule has 0 N–H and O–H groups in total. The molecule has 29 heavy (non-hydrogen) atoms. The monoisotopic (exact) mass is 401 g/mol. The Labute approximate surface area is 172 Å². The summed E-state index contributed by atoms with van der Waals surface area (Å²) < 4.78 is 22.2. The molecule has 2 aromatic rings. The number of aryl methyl sites for hydroxylation is 2. The molecule has 158 valence electrons. The van der Waals surface area contributed by atoms with Crippen molar-refractivity contribution < 1.29 is 23.4 Å². The van der Waals surface area contributed by atoms with Gasteiger partial charge in [-0.05, 0) is 44.7 Å². The summed E-state index contributed by atoms with van der Waals surface area (Å²) in [5, 5.41) is 0. The molecular weight excluding hydrogens is 370 g/mol. The molecule has 6 heteroatoms. The quantitative estimate of drug-likeness (QED) is 0.472. The lowest BCUT2D eigenvalue weighted by atomic mass is 9.80. The van der Waals surface area contributed by atoms with E-state index < -0.39 is 11.8 Å². The van der Waals surface area contributed by atoms with Crippen molar-refractivity contribution in [1.82, 2.24) is 4.98 Å². The number of nitrogens with zero attached hydrogens (tertiary/aromatic N) is 1. The summed E-state index contributed by atoms with van der Waals surface area (Å²) in [6.07, 6.45) is 4.83. The first-order valence-corrected chi connectivity index (χ1v) is 10.3. The van der Waals surface area contributed by atoms with Crippen LogP contribution in [-0.4, -0.2) is 37.1 Å². The van der Waals surface area contributed by atoms with Gasteiger partial charge in [-0.15, -0.1) is 0 Å². The van der Waals surface area contributed by atoms with Gasteiger partial charge in [0.05, 0.1) is 26.0 Å². The van der Waals surface area contributed by atoms with Crippen LogP contribution in [0.3, 0.4) is 0 Å². The maximum absolute atomic E-state index is 11.9. The first-order chi connectivity index (χ1) is 13.9. The molecule has 0 unspecified atom stereocenters. The van der Waals surface area contributed by atoms with Crippen LogP contribution in [0.4, 0.5) is 0 Å². The molecule has 1 aliphatic rings. The molecule has 1 saturated heterocycles. The number of carbonyl (C=O) groups is 1. The number of hydrogen-bond acceptors (Lipinski definition) is 6. The summed E-state index contributed by atoms with van der Waals surface area (Å²) in [5.41, 5.74) is 1.95. The maximum atomic E-state index is 11.9. The van der Waals surface area contributed by atoms with Crippen molar-refractivity contribution in [3.05, 3.63) is 41.8 Å². The lowest BCUT2D eigenvalue weighted by molar-refractivity contribution is -0.291. The molecular formula is C23H31NO5. The third kappa shape index (κ3) is 4.87. The van der Waals surface area contributed by atoms with Crippen molar-refractivity contribution in [3.8, 4) is 11.5 Å². The van der Waals surface area contributed by atoms with Crippen LogP contribution in [-0.2, 0) is 25.4 Å². The van der Waals surface area contributed by atoms with Crippen LogP contribution in [0.15, 0.2) is 34.7 Å². The normalized spacial score (nSPS) is 24.4. The molecule has 0 aliphatic carbocycles. The smallest absolute Gasteiger partial charge is 0.366 e. The highest BCUT2D eigenvalue weighted by atomic mass is 16.7. The molecule has 1 aromatic heterocycles. The Morgan fingerprint density at radius 2 is 1.86 bits per heavy atom. The number of benzene rings is 1. The van der Waals surface area contributed by atoms with E-state index in [2.05, 4.69) is 11.9 Å². The molecule has 0 bridgehead atoms. The molecule has 3 rings (SSSR count). The molecule has 0 radical (unpaired) electrons. The molecule has 2 heterocycles. The minimum atomic E-state index is -1.29.